The fourth-order valence-corrected chi connectivity index (χ4v) is 2.75. The number of carbonyl (C=O) groups excluding carboxylic acids is 1. The largest absolute Gasteiger partial charge is 0.357 e. The molecule has 0 radical (unpaired) electrons. The maximum absolute atomic E-state index is 13.2. The molecule has 0 aliphatic carbocycles. The topological polar surface area (TPSA) is 56.7 Å². The van der Waals surface area contributed by atoms with Gasteiger partial charge in [0.2, 0.25) is 5.91 Å². The Kier molecular flexibility index (Phi) is 7.52. The van der Waals surface area contributed by atoms with Crippen molar-refractivity contribution in [3.8, 4) is 0 Å². The van der Waals surface area contributed by atoms with Crippen molar-refractivity contribution in [2.75, 3.05) is 32.7 Å². The molecule has 1 saturated heterocycles. The number of hydrogen-bond acceptors (Lipinski definition) is 2. The molecule has 5 nitrogen and oxygen atoms in total. The van der Waals surface area contributed by atoms with E-state index in [-0.39, 0.29) is 18.3 Å². The van der Waals surface area contributed by atoms with Gasteiger partial charge in [-0.2, -0.15) is 0 Å². The lowest BCUT2D eigenvalue weighted by atomic mass is 10.1. The second-order valence-electron chi connectivity index (χ2n) is 5.94. The number of aliphatic imine (C=N–C) groups is 1. The van der Waals surface area contributed by atoms with Gasteiger partial charge in [-0.15, -0.1) is 0 Å². The third-order valence-corrected chi connectivity index (χ3v) is 4.02. The first-order chi connectivity index (χ1) is 11.7. The zero-order valence-corrected chi connectivity index (χ0v) is 14.4. The smallest absolute Gasteiger partial charge is 0.244 e. The normalized spacial score (nSPS) is 15.2. The van der Waals surface area contributed by atoms with Crippen LogP contribution in [-0.4, -0.2) is 49.5 Å². The Morgan fingerprint density at radius 1 is 1.25 bits per heavy atom. The van der Waals surface area contributed by atoms with E-state index >= 15 is 0 Å². The summed E-state index contributed by atoms with van der Waals surface area (Å²) in [4.78, 5) is 18.4. The monoisotopic (exact) mass is 334 g/mol. The molecule has 0 saturated carbocycles. The predicted molar refractivity (Wildman–Crippen MR) is 94.5 cm³/mol. The summed E-state index contributed by atoms with van der Waals surface area (Å²) in [6.07, 6.45) is 4.07. The number of guanidine groups is 1. The highest BCUT2D eigenvalue weighted by atomic mass is 19.1. The van der Waals surface area contributed by atoms with E-state index in [1.54, 1.807) is 6.07 Å². The Bertz CT molecular complexity index is 556. The summed E-state index contributed by atoms with van der Waals surface area (Å²) >= 11 is 0. The second kappa shape index (κ2) is 9.90. The summed E-state index contributed by atoms with van der Waals surface area (Å²) in [7, 11) is 0. The van der Waals surface area contributed by atoms with Crippen molar-refractivity contribution >= 4 is 11.9 Å². The Morgan fingerprint density at radius 3 is 2.75 bits per heavy atom. The number of likely N-dealkylation sites (tertiary alicyclic amines) is 1. The van der Waals surface area contributed by atoms with Crippen LogP contribution in [0.2, 0.25) is 0 Å². The Labute approximate surface area is 143 Å². The molecule has 0 spiro atoms. The van der Waals surface area contributed by atoms with Gasteiger partial charge in [0, 0.05) is 26.2 Å². The van der Waals surface area contributed by atoms with E-state index < -0.39 is 0 Å². The maximum Gasteiger partial charge on any atom is 0.244 e. The van der Waals surface area contributed by atoms with E-state index in [9.17, 15) is 9.18 Å². The molecule has 2 rings (SSSR count). The first-order valence-corrected chi connectivity index (χ1v) is 8.73. The molecule has 132 valence electrons. The Balaban J connectivity index is 1.80. The summed E-state index contributed by atoms with van der Waals surface area (Å²) in [6.45, 7) is 5.19. The van der Waals surface area contributed by atoms with Gasteiger partial charge in [0.15, 0.2) is 5.96 Å². The number of hydrogen-bond donors (Lipinski definition) is 2. The quantitative estimate of drug-likeness (QED) is 0.617. The average molecular weight is 334 g/mol. The van der Waals surface area contributed by atoms with Crippen molar-refractivity contribution in [2.45, 2.75) is 32.6 Å². The Hall–Kier alpha value is -2.11. The average Bonchev–Trinajstić information content (AvgIpc) is 2.60. The van der Waals surface area contributed by atoms with Crippen molar-refractivity contribution in [1.29, 1.82) is 0 Å². The molecule has 0 atom stereocenters. The fraction of sp³-hybridized carbons (Fsp3) is 0.556. The Morgan fingerprint density at radius 2 is 2.04 bits per heavy atom. The number of nitrogens with zero attached hydrogens (tertiary/aromatic N) is 2. The van der Waals surface area contributed by atoms with Crippen LogP contribution in [-0.2, 0) is 11.2 Å². The van der Waals surface area contributed by atoms with Crippen molar-refractivity contribution in [3.05, 3.63) is 35.6 Å². The van der Waals surface area contributed by atoms with Gasteiger partial charge in [0.05, 0.1) is 0 Å². The molecule has 1 amide bonds. The van der Waals surface area contributed by atoms with Crippen LogP contribution in [0.1, 0.15) is 31.7 Å². The van der Waals surface area contributed by atoms with Gasteiger partial charge in [-0.05, 0) is 50.3 Å². The number of nitrogens with one attached hydrogen (secondary N) is 2. The molecule has 1 fully saturated rings. The van der Waals surface area contributed by atoms with Crippen LogP contribution in [0, 0.1) is 5.82 Å². The molecule has 1 aromatic rings. The van der Waals surface area contributed by atoms with Crippen LogP contribution >= 0.6 is 0 Å². The molecule has 1 heterocycles. The number of rotatable bonds is 6. The molecular formula is C18H27FN4O. The maximum atomic E-state index is 13.2. The number of carbonyl (C=O) groups is 1. The lowest BCUT2D eigenvalue weighted by Gasteiger charge is -2.26. The minimum Gasteiger partial charge on any atom is -0.357 e. The molecule has 1 aliphatic heterocycles. The molecule has 1 aliphatic rings. The predicted octanol–water partition coefficient (Wildman–Crippen LogP) is 1.94. The molecule has 0 bridgehead atoms. The minimum absolute atomic E-state index is 0.0806. The lowest BCUT2D eigenvalue weighted by Crippen LogP contribution is -2.41. The van der Waals surface area contributed by atoms with Gasteiger partial charge < -0.3 is 15.5 Å². The number of amides is 1. The highest BCUT2D eigenvalue weighted by Gasteiger charge is 2.15. The van der Waals surface area contributed by atoms with E-state index in [2.05, 4.69) is 15.6 Å². The summed E-state index contributed by atoms with van der Waals surface area (Å²) in [5, 5.41) is 6.33. The SMILES string of the molecule is CCNC(=NCC(=O)N1CCCCC1)NCCc1cccc(F)c1. The van der Waals surface area contributed by atoms with Gasteiger partial charge in [-0.25, -0.2) is 9.38 Å². The highest BCUT2D eigenvalue weighted by molar-refractivity contribution is 5.85. The van der Waals surface area contributed by atoms with Crippen molar-refractivity contribution in [2.24, 2.45) is 4.99 Å². The molecular weight excluding hydrogens is 307 g/mol. The van der Waals surface area contributed by atoms with E-state index in [0.29, 0.717) is 18.9 Å². The second-order valence-corrected chi connectivity index (χ2v) is 5.94. The van der Waals surface area contributed by atoms with Crippen LogP contribution in [0.15, 0.2) is 29.3 Å². The van der Waals surface area contributed by atoms with E-state index in [1.165, 1.54) is 18.6 Å². The highest BCUT2D eigenvalue weighted by Crippen LogP contribution is 2.08. The van der Waals surface area contributed by atoms with Gasteiger partial charge in [0.1, 0.15) is 12.4 Å². The van der Waals surface area contributed by atoms with Crippen LogP contribution in [0.5, 0.6) is 0 Å². The molecule has 1 aromatic carbocycles. The van der Waals surface area contributed by atoms with Crippen LogP contribution in [0.25, 0.3) is 0 Å². The molecule has 2 N–H and O–H groups in total. The zero-order chi connectivity index (χ0) is 17.2. The first kappa shape index (κ1) is 18.2. The summed E-state index contributed by atoms with van der Waals surface area (Å²) in [5.74, 6) is 0.483. The van der Waals surface area contributed by atoms with Gasteiger partial charge in [0.25, 0.3) is 0 Å². The van der Waals surface area contributed by atoms with Gasteiger partial charge >= 0.3 is 0 Å². The number of piperidine rings is 1. The molecule has 0 aromatic heterocycles. The number of benzene rings is 1. The van der Waals surface area contributed by atoms with E-state index in [4.69, 9.17) is 0 Å². The van der Waals surface area contributed by atoms with Crippen LogP contribution in [0.3, 0.4) is 0 Å². The van der Waals surface area contributed by atoms with Crippen molar-refractivity contribution in [3.63, 3.8) is 0 Å². The summed E-state index contributed by atoms with van der Waals surface area (Å²) < 4.78 is 13.2. The third kappa shape index (κ3) is 6.18. The molecule has 6 heteroatoms. The van der Waals surface area contributed by atoms with Crippen LogP contribution < -0.4 is 10.6 Å². The fourth-order valence-electron chi connectivity index (χ4n) is 2.75. The minimum atomic E-state index is -0.222. The summed E-state index contributed by atoms with van der Waals surface area (Å²) in [6, 6.07) is 6.58. The standard InChI is InChI=1S/C18H27FN4O/c1-2-20-18(21-10-9-15-7-6-8-16(19)13-15)22-14-17(24)23-11-4-3-5-12-23/h6-8,13H,2-5,9-12,14H2,1H3,(H2,20,21,22). The van der Waals surface area contributed by atoms with E-state index in [0.717, 1.165) is 38.0 Å². The van der Waals surface area contributed by atoms with E-state index in [1.807, 2.05) is 17.9 Å². The van der Waals surface area contributed by atoms with Gasteiger partial charge in [-0.3, -0.25) is 4.79 Å². The lowest BCUT2D eigenvalue weighted by molar-refractivity contribution is -0.130. The number of halogens is 1. The van der Waals surface area contributed by atoms with Crippen molar-refractivity contribution < 1.29 is 9.18 Å². The van der Waals surface area contributed by atoms with Gasteiger partial charge in [-0.1, -0.05) is 12.1 Å². The van der Waals surface area contributed by atoms with Crippen molar-refractivity contribution in [1.82, 2.24) is 15.5 Å². The first-order valence-electron chi connectivity index (χ1n) is 8.73. The molecule has 0 unspecified atom stereocenters. The summed E-state index contributed by atoms with van der Waals surface area (Å²) in [5.41, 5.74) is 0.933. The van der Waals surface area contributed by atoms with Crippen LogP contribution in [0.4, 0.5) is 4.39 Å². The molecule has 24 heavy (non-hydrogen) atoms. The third-order valence-electron chi connectivity index (χ3n) is 4.02. The zero-order valence-electron chi connectivity index (χ0n) is 14.4.